The van der Waals surface area contributed by atoms with Crippen molar-refractivity contribution in [1.82, 2.24) is 19.8 Å². The monoisotopic (exact) mass is 602 g/mol. The zero-order valence-electron chi connectivity index (χ0n) is 28.4. The van der Waals surface area contributed by atoms with Gasteiger partial charge in [-0.15, -0.1) is 12.8 Å². The van der Waals surface area contributed by atoms with Gasteiger partial charge in [0.1, 0.15) is 11.4 Å². The van der Waals surface area contributed by atoms with Crippen LogP contribution in [-0.2, 0) is 11.0 Å². The fourth-order valence-electron chi connectivity index (χ4n) is 3.48. The number of likely N-dealkylation sites (tertiary alicyclic amines) is 1. The fourth-order valence-corrected chi connectivity index (χ4v) is 3.48. The van der Waals surface area contributed by atoms with E-state index in [1.165, 1.54) is 13.0 Å². The van der Waals surface area contributed by atoms with Gasteiger partial charge in [0.05, 0.1) is 0 Å². The Bertz CT molecular complexity index is 811. The lowest BCUT2D eigenvalue weighted by atomic mass is 10.1. The Balaban J connectivity index is -0.000000439. The number of nitrogens with one attached hydrogen (secondary N) is 2. The highest BCUT2D eigenvalue weighted by Crippen LogP contribution is 2.34. The number of rotatable bonds is 11. The number of amides is 1. The van der Waals surface area contributed by atoms with Crippen molar-refractivity contribution in [3.05, 3.63) is 23.5 Å². The van der Waals surface area contributed by atoms with E-state index in [9.17, 15) is 18.0 Å². The topological polar surface area (TPSA) is 73.4 Å². The van der Waals surface area contributed by atoms with Crippen LogP contribution in [0.4, 0.5) is 24.9 Å². The predicted molar refractivity (Wildman–Crippen MR) is 176 cm³/mol. The number of allylic oxidation sites excluding steroid dienone is 2. The van der Waals surface area contributed by atoms with Crippen molar-refractivity contribution < 1.29 is 18.0 Å². The highest BCUT2D eigenvalue weighted by Gasteiger charge is 2.35. The molecule has 0 spiro atoms. The average Bonchev–Trinajstić information content (AvgIpc) is 3.00. The number of terminal acetylenes is 1. The molecule has 0 bridgehead atoms. The molecule has 0 unspecified atom stereocenters. The van der Waals surface area contributed by atoms with Crippen LogP contribution in [0, 0.1) is 12.8 Å². The molecule has 1 aliphatic rings. The van der Waals surface area contributed by atoms with E-state index < -0.39 is 11.7 Å². The minimum Gasteiger partial charge on any atom is -0.369 e. The minimum atomic E-state index is -4.55. The minimum absolute atomic E-state index is 0.116. The summed E-state index contributed by atoms with van der Waals surface area (Å²) in [7, 11) is 4.17. The van der Waals surface area contributed by atoms with Gasteiger partial charge in [0.15, 0.2) is 0 Å². The number of anilines is 2. The smallest absolute Gasteiger partial charge is 0.369 e. The van der Waals surface area contributed by atoms with E-state index in [-0.39, 0.29) is 24.2 Å². The average molecular weight is 603 g/mol. The maximum Gasteiger partial charge on any atom is 0.421 e. The molecular weight excluding hydrogens is 541 g/mol. The lowest BCUT2D eigenvalue weighted by Gasteiger charge is -2.26. The molecule has 0 radical (unpaired) electrons. The lowest BCUT2D eigenvalue weighted by Crippen LogP contribution is -2.36. The molecule has 0 aliphatic carbocycles. The van der Waals surface area contributed by atoms with Gasteiger partial charge in [0, 0.05) is 37.9 Å². The molecule has 1 fully saturated rings. The third-order valence-corrected chi connectivity index (χ3v) is 5.19. The second-order valence-electron chi connectivity index (χ2n) is 8.49. The van der Waals surface area contributed by atoms with E-state index in [1.807, 2.05) is 61.5 Å². The Kier molecular flexibility index (Phi) is 34.2. The van der Waals surface area contributed by atoms with Gasteiger partial charge in [-0.1, -0.05) is 68.4 Å². The maximum atomic E-state index is 13.3. The van der Waals surface area contributed by atoms with Gasteiger partial charge in [-0.05, 0) is 59.2 Å². The zero-order chi connectivity index (χ0) is 33.6. The van der Waals surface area contributed by atoms with E-state index in [0.29, 0.717) is 25.8 Å². The van der Waals surface area contributed by atoms with E-state index in [4.69, 9.17) is 0 Å². The highest BCUT2D eigenvalue weighted by molar-refractivity contribution is 5.76. The van der Waals surface area contributed by atoms with Gasteiger partial charge in [0.25, 0.3) is 0 Å². The van der Waals surface area contributed by atoms with Gasteiger partial charge in [0.2, 0.25) is 11.9 Å². The summed E-state index contributed by atoms with van der Waals surface area (Å²) in [4.78, 5) is 23.6. The molecule has 2 N–H and O–H groups in total. The number of hydrogen-bond acceptors (Lipinski definition) is 6. The van der Waals surface area contributed by atoms with E-state index in [2.05, 4.69) is 59.4 Å². The number of carbonyl (C=O) groups is 1. The summed E-state index contributed by atoms with van der Waals surface area (Å²) in [6.07, 6.45) is 11.9. The van der Waals surface area contributed by atoms with Gasteiger partial charge in [-0.2, -0.15) is 18.2 Å². The number of aromatic nitrogens is 2. The fraction of sp³-hybridized carbons (Fsp3) is 0.719. The summed E-state index contributed by atoms with van der Waals surface area (Å²) in [6, 6.07) is 0. The largest absolute Gasteiger partial charge is 0.421 e. The van der Waals surface area contributed by atoms with Crippen molar-refractivity contribution >= 4 is 17.7 Å². The van der Waals surface area contributed by atoms with Crippen molar-refractivity contribution in [3.8, 4) is 12.8 Å². The van der Waals surface area contributed by atoms with Crippen molar-refractivity contribution in [2.75, 3.05) is 50.9 Å². The molecule has 1 aromatic rings. The Morgan fingerprint density at radius 3 is 2.10 bits per heavy atom. The van der Waals surface area contributed by atoms with Gasteiger partial charge < -0.3 is 20.4 Å². The molecule has 0 saturated carbocycles. The van der Waals surface area contributed by atoms with E-state index in [0.717, 1.165) is 37.7 Å². The van der Waals surface area contributed by atoms with Crippen molar-refractivity contribution in [2.24, 2.45) is 0 Å². The summed E-state index contributed by atoms with van der Waals surface area (Å²) in [6.45, 7) is 20.8. The third-order valence-electron chi connectivity index (χ3n) is 5.19. The molecule has 1 aromatic heterocycles. The Morgan fingerprint density at radius 2 is 1.67 bits per heavy atom. The summed E-state index contributed by atoms with van der Waals surface area (Å²) in [5, 5.41) is 5.74. The second kappa shape index (κ2) is 31.1. The van der Waals surface area contributed by atoms with Crippen molar-refractivity contribution in [2.45, 2.75) is 113 Å². The normalized spacial score (nSPS) is 12.4. The predicted octanol–water partition coefficient (Wildman–Crippen LogP) is 8.71. The van der Waals surface area contributed by atoms with E-state index >= 15 is 0 Å². The summed E-state index contributed by atoms with van der Waals surface area (Å²) in [5.41, 5.74) is -0.0403. The van der Waals surface area contributed by atoms with Crippen LogP contribution in [0.25, 0.3) is 0 Å². The number of hydrogen-bond donors (Lipinski definition) is 2. The summed E-state index contributed by atoms with van der Waals surface area (Å²) < 4.78 is 39.8. The second-order valence-corrected chi connectivity index (χ2v) is 8.49. The quantitative estimate of drug-likeness (QED) is 0.195. The number of piperidine rings is 1. The van der Waals surface area contributed by atoms with Crippen LogP contribution in [0.3, 0.4) is 0 Å². The van der Waals surface area contributed by atoms with Crippen molar-refractivity contribution in [3.63, 3.8) is 0 Å². The molecule has 0 aromatic carbocycles. The Morgan fingerprint density at radius 1 is 1.07 bits per heavy atom. The van der Waals surface area contributed by atoms with E-state index in [1.54, 1.807) is 4.90 Å². The van der Waals surface area contributed by atoms with Gasteiger partial charge >= 0.3 is 6.18 Å². The molecule has 7 nitrogen and oxygen atoms in total. The first kappa shape index (κ1) is 46.2. The first-order valence-electron chi connectivity index (χ1n) is 15.5. The molecule has 2 heterocycles. The summed E-state index contributed by atoms with van der Waals surface area (Å²) in [5.74, 6) is -0.00394. The molecule has 10 heteroatoms. The van der Waals surface area contributed by atoms with Crippen LogP contribution in [-0.4, -0.2) is 65.9 Å². The number of nitrogens with zero attached hydrogens (tertiary/aromatic N) is 4. The standard InChI is InChI=1S/C19H28F3N5O.C5H13N.3C2H6.C2H2/c1-3-8-14(4-2)25-18-24-13-15(19(20,21)22)17(26-18)23-10-7-12-27-11-6-5-9-16(27)28;1-4-5-6(2)3;4*1-2/h8,13H,3-7,9-12H2,1-2H3,(H2,23,24,25,26);4-5H2,1-3H3;3*1-2H3;1-2H/b14-8+;;;;;. The molecular formula is C32H61F3N6O. The van der Waals surface area contributed by atoms with Crippen LogP contribution in [0.5, 0.6) is 0 Å². The maximum absolute atomic E-state index is 13.3. The lowest BCUT2D eigenvalue weighted by molar-refractivity contribution is -0.137. The number of alkyl halides is 3. The molecule has 0 atom stereocenters. The van der Waals surface area contributed by atoms with Crippen LogP contribution in [0.1, 0.15) is 113 Å². The molecule has 1 saturated heterocycles. The Labute approximate surface area is 256 Å². The first-order valence-corrected chi connectivity index (χ1v) is 15.5. The summed E-state index contributed by atoms with van der Waals surface area (Å²) >= 11 is 0. The van der Waals surface area contributed by atoms with Crippen LogP contribution >= 0.6 is 0 Å². The SMILES string of the molecule is C#C.CC.CC.CC.CC/C=C(\CC)Nc1ncc(C(F)(F)F)c(NCCCN2CCCCC2=O)n1.CCCN(C)C. The van der Waals surface area contributed by atoms with Crippen LogP contribution in [0.15, 0.2) is 18.0 Å². The molecule has 1 amide bonds. The van der Waals surface area contributed by atoms with Gasteiger partial charge in [-0.3, -0.25) is 4.79 Å². The molecule has 42 heavy (non-hydrogen) atoms. The van der Waals surface area contributed by atoms with Gasteiger partial charge in [-0.25, -0.2) is 4.98 Å². The molecule has 246 valence electrons. The van der Waals surface area contributed by atoms with Crippen molar-refractivity contribution in [1.29, 1.82) is 0 Å². The molecule has 1 aliphatic heterocycles. The Hall–Kier alpha value is -2.80. The first-order chi connectivity index (χ1) is 20.1. The highest BCUT2D eigenvalue weighted by atomic mass is 19.4. The van der Waals surface area contributed by atoms with Crippen LogP contribution < -0.4 is 10.6 Å². The zero-order valence-corrected chi connectivity index (χ0v) is 28.4. The number of carbonyl (C=O) groups excluding carboxylic acids is 1. The third kappa shape index (κ3) is 22.8. The number of halogens is 3. The molecule has 2 rings (SSSR count). The van der Waals surface area contributed by atoms with Crippen LogP contribution in [0.2, 0.25) is 0 Å².